The van der Waals surface area contributed by atoms with Crippen LogP contribution in [-0.4, -0.2) is 24.5 Å². The molecule has 0 fully saturated rings. The maximum Gasteiger partial charge on any atom is 0.341 e. The maximum absolute atomic E-state index is 13.5. The van der Waals surface area contributed by atoms with E-state index in [1.807, 2.05) is 6.92 Å². The van der Waals surface area contributed by atoms with Crippen LogP contribution in [0.15, 0.2) is 18.2 Å². The van der Waals surface area contributed by atoms with Gasteiger partial charge in [0.2, 0.25) is 0 Å². The largest absolute Gasteiger partial charge is 0.449 e. The normalized spacial score (nSPS) is 11.8. The van der Waals surface area contributed by atoms with Crippen LogP contribution in [0, 0.1) is 5.82 Å². The molecule has 5 nitrogen and oxygen atoms in total. The fourth-order valence-electron chi connectivity index (χ4n) is 1.51. The Balaban J connectivity index is 2.61. The average molecular weight is 282 g/mol. The molecule has 3 N–H and O–H groups in total. The number of carbonyl (C=O) groups is 2. The molecule has 1 unspecified atom stereocenters. The highest BCUT2D eigenvalue weighted by atomic mass is 19.1. The van der Waals surface area contributed by atoms with Gasteiger partial charge in [-0.05, 0) is 31.5 Å². The number of nitrogen functional groups attached to an aromatic ring is 1. The van der Waals surface area contributed by atoms with Crippen molar-refractivity contribution < 1.29 is 18.7 Å². The molecule has 6 heteroatoms. The molecule has 0 heterocycles. The number of hydrogen-bond acceptors (Lipinski definition) is 4. The first-order valence-corrected chi connectivity index (χ1v) is 6.49. The van der Waals surface area contributed by atoms with Crippen LogP contribution in [0.1, 0.15) is 37.0 Å². The molecule has 0 aliphatic carbocycles. The Morgan fingerprint density at radius 1 is 1.45 bits per heavy atom. The molecule has 1 aromatic carbocycles. The molecule has 0 aliphatic rings. The minimum absolute atomic E-state index is 0.249. The van der Waals surface area contributed by atoms with Gasteiger partial charge in [-0.1, -0.05) is 13.3 Å². The number of anilines is 1. The van der Waals surface area contributed by atoms with E-state index >= 15 is 0 Å². The molecule has 110 valence electrons. The Kier molecular flexibility index (Phi) is 5.96. The number of amides is 1. The highest BCUT2D eigenvalue weighted by Crippen LogP contribution is 2.14. The van der Waals surface area contributed by atoms with E-state index in [0.29, 0.717) is 6.54 Å². The van der Waals surface area contributed by atoms with Gasteiger partial charge >= 0.3 is 5.97 Å². The van der Waals surface area contributed by atoms with Crippen molar-refractivity contribution in [3.63, 3.8) is 0 Å². The van der Waals surface area contributed by atoms with Crippen molar-refractivity contribution in [2.45, 2.75) is 32.8 Å². The molecule has 1 rings (SSSR count). The van der Waals surface area contributed by atoms with Crippen LogP contribution >= 0.6 is 0 Å². The lowest BCUT2D eigenvalue weighted by atomic mass is 10.2. The molecule has 1 atom stereocenters. The van der Waals surface area contributed by atoms with E-state index in [0.717, 1.165) is 18.9 Å². The van der Waals surface area contributed by atoms with E-state index in [4.69, 9.17) is 10.5 Å². The van der Waals surface area contributed by atoms with Crippen molar-refractivity contribution in [1.82, 2.24) is 5.32 Å². The number of carbonyl (C=O) groups excluding carboxylic acids is 2. The van der Waals surface area contributed by atoms with Gasteiger partial charge in [-0.3, -0.25) is 4.79 Å². The van der Waals surface area contributed by atoms with E-state index in [2.05, 4.69) is 5.32 Å². The summed E-state index contributed by atoms with van der Waals surface area (Å²) in [5, 5.41) is 2.63. The number of nitrogens with two attached hydrogens (primary N) is 1. The first-order valence-electron chi connectivity index (χ1n) is 6.49. The quantitative estimate of drug-likeness (QED) is 0.474. The second kappa shape index (κ2) is 7.47. The lowest BCUT2D eigenvalue weighted by Crippen LogP contribution is -2.36. The number of unbranched alkanes of at least 4 members (excludes halogenated alkanes) is 1. The molecule has 0 bridgehead atoms. The summed E-state index contributed by atoms with van der Waals surface area (Å²) in [4.78, 5) is 23.4. The zero-order chi connectivity index (χ0) is 15.1. The van der Waals surface area contributed by atoms with E-state index in [1.165, 1.54) is 19.1 Å². The van der Waals surface area contributed by atoms with Crippen LogP contribution < -0.4 is 11.1 Å². The van der Waals surface area contributed by atoms with Gasteiger partial charge in [-0.15, -0.1) is 0 Å². The van der Waals surface area contributed by atoms with Gasteiger partial charge in [0.05, 0.1) is 5.56 Å². The zero-order valence-electron chi connectivity index (χ0n) is 11.6. The molecule has 0 spiro atoms. The van der Waals surface area contributed by atoms with Crippen LogP contribution in [0.5, 0.6) is 0 Å². The number of benzene rings is 1. The number of rotatable bonds is 6. The van der Waals surface area contributed by atoms with Crippen LogP contribution in [0.3, 0.4) is 0 Å². The first kappa shape index (κ1) is 15.9. The molecular weight excluding hydrogens is 263 g/mol. The van der Waals surface area contributed by atoms with Crippen LogP contribution in [0.4, 0.5) is 10.1 Å². The molecule has 0 radical (unpaired) electrons. The summed E-state index contributed by atoms with van der Waals surface area (Å²) < 4.78 is 18.4. The van der Waals surface area contributed by atoms with Crippen molar-refractivity contribution in [3.05, 3.63) is 29.6 Å². The summed E-state index contributed by atoms with van der Waals surface area (Å²) in [6.45, 7) is 3.95. The lowest BCUT2D eigenvalue weighted by Gasteiger charge is -2.13. The predicted molar refractivity (Wildman–Crippen MR) is 73.6 cm³/mol. The number of esters is 1. The van der Waals surface area contributed by atoms with E-state index in [1.54, 1.807) is 0 Å². The summed E-state index contributed by atoms with van der Waals surface area (Å²) in [6.07, 6.45) is 0.805. The van der Waals surface area contributed by atoms with Crippen LogP contribution in [0.25, 0.3) is 0 Å². The van der Waals surface area contributed by atoms with Gasteiger partial charge in [-0.2, -0.15) is 0 Å². The number of ether oxygens (including phenoxy) is 1. The molecule has 0 saturated carbocycles. The molecule has 1 amide bonds. The molecule has 20 heavy (non-hydrogen) atoms. The van der Waals surface area contributed by atoms with E-state index in [9.17, 15) is 14.0 Å². The Morgan fingerprint density at radius 2 is 2.15 bits per heavy atom. The summed E-state index contributed by atoms with van der Waals surface area (Å²) in [6, 6.07) is 3.60. The van der Waals surface area contributed by atoms with Gasteiger partial charge in [0.25, 0.3) is 5.91 Å². The third kappa shape index (κ3) is 4.53. The fourth-order valence-corrected chi connectivity index (χ4v) is 1.51. The SMILES string of the molecule is CCCCNC(=O)C(C)OC(=O)c1cc(N)ccc1F. The van der Waals surface area contributed by atoms with Gasteiger partial charge in [-0.25, -0.2) is 9.18 Å². The third-order valence-corrected chi connectivity index (χ3v) is 2.69. The summed E-state index contributed by atoms with van der Waals surface area (Å²) in [5.41, 5.74) is 5.45. The van der Waals surface area contributed by atoms with Crippen molar-refractivity contribution in [1.29, 1.82) is 0 Å². The second-order valence-corrected chi connectivity index (χ2v) is 4.43. The Morgan fingerprint density at radius 3 is 2.80 bits per heavy atom. The van der Waals surface area contributed by atoms with Crippen LogP contribution in [-0.2, 0) is 9.53 Å². The van der Waals surface area contributed by atoms with Crippen LogP contribution in [0.2, 0.25) is 0 Å². The summed E-state index contributed by atoms with van der Waals surface area (Å²) in [7, 11) is 0. The minimum Gasteiger partial charge on any atom is -0.449 e. The highest BCUT2D eigenvalue weighted by molar-refractivity contribution is 5.93. The molecular formula is C14H19FN2O3. The first-order chi connectivity index (χ1) is 9.45. The number of halogens is 1. The Hall–Kier alpha value is -2.11. The number of nitrogens with one attached hydrogen (secondary N) is 1. The van der Waals surface area contributed by atoms with Gasteiger partial charge in [0, 0.05) is 12.2 Å². The smallest absolute Gasteiger partial charge is 0.341 e. The third-order valence-electron chi connectivity index (χ3n) is 2.69. The standard InChI is InChI=1S/C14H19FN2O3/c1-3-4-7-17-13(18)9(2)20-14(19)11-8-10(16)5-6-12(11)15/h5-6,8-9H,3-4,7,16H2,1-2H3,(H,17,18). The molecule has 1 aromatic rings. The number of hydrogen-bond donors (Lipinski definition) is 2. The van der Waals surface area contributed by atoms with Gasteiger partial charge in [0.1, 0.15) is 5.82 Å². The molecule has 0 saturated heterocycles. The molecule has 0 aliphatic heterocycles. The highest BCUT2D eigenvalue weighted by Gasteiger charge is 2.20. The lowest BCUT2D eigenvalue weighted by molar-refractivity contribution is -0.129. The van der Waals surface area contributed by atoms with Crippen molar-refractivity contribution in [3.8, 4) is 0 Å². The Labute approximate surface area is 117 Å². The van der Waals surface area contributed by atoms with Gasteiger partial charge < -0.3 is 15.8 Å². The Bertz CT molecular complexity index is 491. The topological polar surface area (TPSA) is 81.4 Å². The van der Waals surface area contributed by atoms with Gasteiger partial charge in [0.15, 0.2) is 6.10 Å². The molecule has 0 aromatic heterocycles. The van der Waals surface area contributed by atoms with E-state index < -0.39 is 23.8 Å². The average Bonchev–Trinajstić information content (AvgIpc) is 2.41. The fraction of sp³-hybridized carbons (Fsp3) is 0.429. The minimum atomic E-state index is -0.986. The van der Waals surface area contributed by atoms with Crippen molar-refractivity contribution in [2.24, 2.45) is 0 Å². The monoisotopic (exact) mass is 282 g/mol. The van der Waals surface area contributed by atoms with Crippen molar-refractivity contribution in [2.75, 3.05) is 12.3 Å². The summed E-state index contributed by atoms with van der Waals surface area (Å²) in [5.74, 6) is -2.05. The summed E-state index contributed by atoms with van der Waals surface area (Å²) >= 11 is 0. The second-order valence-electron chi connectivity index (χ2n) is 4.43. The predicted octanol–water partition coefficient (Wildman–Crippen LogP) is 1.87. The van der Waals surface area contributed by atoms with Crippen molar-refractivity contribution >= 4 is 17.6 Å². The zero-order valence-corrected chi connectivity index (χ0v) is 11.6. The maximum atomic E-state index is 13.5. The van der Waals surface area contributed by atoms with E-state index in [-0.39, 0.29) is 11.3 Å².